The first-order valence-electron chi connectivity index (χ1n) is 9.12. The van der Waals surface area contributed by atoms with Crippen molar-refractivity contribution >= 4 is 33.1 Å². The molecule has 0 spiro atoms. The van der Waals surface area contributed by atoms with E-state index >= 15 is 0 Å². The number of fused-ring (bicyclic) bond motifs is 2. The number of benzene rings is 1. The molecule has 0 radical (unpaired) electrons. The van der Waals surface area contributed by atoms with Crippen LogP contribution in [0.4, 0.5) is 8.78 Å². The van der Waals surface area contributed by atoms with Crippen molar-refractivity contribution < 1.29 is 18.3 Å². The third-order valence-corrected chi connectivity index (χ3v) is 5.95. The lowest BCUT2D eigenvalue weighted by molar-refractivity contribution is -0.130. The van der Waals surface area contributed by atoms with E-state index in [0.29, 0.717) is 16.7 Å². The summed E-state index contributed by atoms with van der Waals surface area (Å²) in [6.45, 7) is -0.267. The molecule has 148 valence electrons. The van der Waals surface area contributed by atoms with Gasteiger partial charge in [-0.3, -0.25) is 4.79 Å². The molecule has 29 heavy (non-hydrogen) atoms. The molecule has 0 saturated carbocycles. The van der Waals surface area contributed by atoms with Gasteiger partial charge < -0.3 is 14.0 Å². The zero-order valence-electron chi connectivity index (χ0n) is 15.2. The Morgan fingerprint density at radius 3 is 2.93 bits per heavy atom. The van der Waals surface area contributed by atoms with Crippen molar-refractivity contribution in [3.05, 3.63) is 60.6 Å². The molecule has 4 aromatic rings. The molecular weight excluding hydrogens is 398 g/mol. The number of aromatic nitrogens is 3. The highest BCUT2D eigenvalue weighted by Gasteiger charge is 2.47. The van der Waals surface area contributed by atoms with E-state index in [4.69, 9.17) is 4.74 Å². The second-order valence-electron chi connectivity index (χ2n) is 6.90. The molecule has 1 atom stereocenters. The van der Waals surface area contributed by atoms with Gasteiger partial charge in [0.1, 0.15) is 5.65 Å². The number of carbonyl (C=O) groups excluding carboxylic acids is 1. The number of nitrogens with zero attached hydrogens (tertiary/aromatic N) is 4. The molecule has 0 N–H and O–H groups in total. The van der Waals surface area contributed by atoms with Crippen LogP contribution in [0.3, 0.4) is 0 Å². The number of imidazole rings is 1. The zero-order chi connectivity index (χ0) is 20.0. The minimum Gasteiger partial charge on any atom is -0.458 e. The third-order valence-electron chi connectivity index (χ3n) is 5.03. The summed E-state index contributed by atoms with van der Waals surface area (Å²) >= 11 is 1.22. The van der Waals surface area contributed by atoms with Crippen LogP contribution < -0.4 is 4.74 Å². The van der Waals surface area contributed by atoms with E-state index in [9.17, 15) is 13.6 Å². The van der Waals surface area contributed by atoms with E-state index in [1.54, 1.807) is 41.2 Å². The summed E-state index contributed by atoms with van der Waals surface area (Å²) in [5.74, 6) is -3.39. The number of carbonyl (C=O) groups is 1. The second kappa shape index (κ2) is 6.77. The number of hydrogen-bond acceptors (Lipinski definition) is 5. The average molecular weight is 414 g/mol. The molecule has 1 aromatic carbocycles. The van der Waals surface area contributed by atoms with Crippen molar-refractivity contribution in [2.24, 2.45) is 0 Å². The van der Waals surface area contributed by atoms with Gasteiger partial charge in [-0.2, -0.15) is 0 Å². The number of rotatable bonds is 3. The van der Waals surface area contributed by atoms with E-state index < -0.39 is 18.4 Å². The summed E-state index contributed by atoms with van der Waals surface area (Å²) in [6.07, 6.45) is 3.18. The molecule has 1 aliphatic heterocycles. The fourth-order valence-electron chi connectivity index (χ4n) is 3.49. The topological polar surface area (TPSA) is 59.7 Å². The van der Waals surface area contributed by atoms with Crippen LogP contribution >= 0.6 is 11.3 Å². The largest absolute Gasteiger partial charge is 0.458 e. The maximum atomic E-state index is 14.6. The van der Waals surface area contributed by atoms with Crippen molar-refractivity contribution in [2.45, 2.75) is 18.4 Å². The van der Waals surface area contributed by atoms with Gasteiger partial charge in [0, 0.05) is 31.6 Å². The predicted octanol–water partition coefficient (Wildman–Crippen LogP) is 3.87. The van der Waals surface area contributed by atoms with Crippen molar-refractivity contribution in [2.75, 3.05) is 13.1 Å². The van der Waals surface area contributed by atoms with E-state index in [1.165, 1.54) is 16.2 Å². The standard InChI is InChI=1S/C20H16F2N4O2S/c21-20(22)7-10-26(18(27)13-4-3-9-25-11-8-23-17(13)25)12-16(20)28-19-24-14-5-1-2-6-15(14)29-19/h1-6,8-9,11,16H,7,10,12H2/t16-/m0/s1. The fraction of sp³-hybridized carbons (Fsp3) is 0.250. The molecular formula is C20H16F2N4O2S. The lowest BCUT2D eigenvalue weighted by Gasteiger charge is -2.37. The van der Waals surface area contributed by atoms with Gasteiger partial charge in [0.2, 0.25) is 0 Å². The Balaban J connectivity index is 1.40. The minimum absolute atomic E-state index is 0.0483. The monoisotopic (exact) mass is 414 g/mol. The van der Waals surface area contributed by atoms with Crippen molar-refractivity contribution in [1.82, 2.24) is 19.3 Å². The van der Waals surface area contributed by atoms with Crippen LogP contribution in [-0.2, 0) is 0 Å². The number of halogens is 2. The number of pyridine rings is 1. The van der Waals surface area contributed by atoms with Gasteiger partial charge >= 0.3 is 0 Å². The zero-order valence-corrected chi connectivity index (χ0v) is 16.0. The Hall–Kier alpha value is -3.07. The molecule has 5 rings (SSSR count). The van der Waals surface area contributed by atoms with Crippen LogP contribution in [0.15, 0.2) is 55.0 Å². The molecule has 1 amide bonds. The maximum absolute atomic E-state index is 14.6. The number of likely N-dealkylation sites (tertiary alicyclic amines) is 1. The maximum Gasteiger partial charge on any atom is 0.287 e. The third kappa shape index (κ3) is 3.21. The molecule has 6 nitrogen and oxygen atoms in total. The Morgan fingerprint density at radius 2 is 2.07 bits per heavy atom. The molecule has 0 bridgehead atoms. The molecule has 3 aromatic heterocycles. The van der Waals surface area contributed by atoms with Crippen LogP contribution in [0, 0.1) is 0 Å². The Kier molecular flexibility index (Phi) is 4.20. The summed E-state index contributed by atoms with van der Waals surface area (Å²) < 4.78 is 37.3. The van der Waals surface area contributed by atoms with Gasteiger partial charge in [-0.1, -0.05) is 23.5 Å². The highest BCUT2D eigenvalue weighted by atomic mass is 32.1. The van der Waals surface area contributed by atoms with Crippen LogP contribution in [0.5, 0.6) is 5.19 Å². The minimum atomic E-state index is -3.05. The predicted molar refractivity (Wildman–Crippen MR) is 105 cm³/mol. The number of piperidine rings is 1. The first-order valence-corrected chi connectivity index (χ1v) is 9.94. The Labute approximate surface area is 168 Å². The fourth-order valence-corrected chi connectivity index (χ4v) is 4.35. The summed E-state index contributed by atoms with van der Waals surface area (Å²) in [5, 5.41) is 0.181. The van der Waals surface area contributed by atoms with Gasteiger partial charge in [-0.25, -0.2) is 18.7 Å². The number of ether oxygens (including phenoxy) is 1. The highest BCUT2D eigenvalue weighted by molar-refractivity contribution is 7.20. The highest BCUT2D eigenvalue weighted by Crippen LogP contribution is 2.35. The summed E-state index contributed by atoms with van der Waals surface area (Å²) in [5.41, 5.74) is 1.57. The van der Waals surface area contributed by atoms with E-state index in [2.05, 4.69) is 9.97 Å². The second-order valence-corrected chi connectivity index (χ2v) is 7.89. The van der Waals surface area contributed by atoms with Crippen molar-refractivity contribution in [1.29, 1.82) is 0 Å². The molecule has 9 heteroatoms. The normalized spacial score (nSPS) is 19.0. The van der Waals surface area contributed by atoms with Gasteiger partial charge in [-0.05, 0) is 24.3 Å². The number of alkyl halides is 2. The lowest BCUT2D eigenvalue weighted by atomic mass is 10.0. The van der Waals surface area contributed by atoms with Gasteiger partial charge in [0.15, 0.2) is 6.10 Å². The van der Waals surface area contributed by atoms with Gasteiger partial charge in [0.05, 0.1) is 22.3 Å². The average Bonchev–Trinajstić information content (AvgIpc) is 3.35. The number of amides is 1. The van der Waals surface area contributed by atoms with Crippen molar-refractivity contribution in [3.63, 3.8) is 0 Å². The molecule has 0 aliphatic carbocycles. The van der Waals surface area contributed by atoms with Crippen LogP contribution in [0.2, 0.25) is 0 Å². The molecule has 0 unspecified atom stereocenters. The van der Waals surface area contributed by atoms with Crippen molar-refractivity contribution in [3.8, 4) is 5.19 Å². The van der Waals surface area contributed by atoms with Crippen LogP contribution in [-0.4, -0.2) is 50.3 Å². The lowest BCUT2D eigenvalue weighted by Crippen LogP contribution is -2.55. The summed E-state index contributed by atoms with van der Waals surface area (Å²) in [7, 11) is 0. The van der Waals surface area contributed by atoms with Crippen LogP contribution in [0.1, 0.15) is 16.8 Å². The van der Waals surface area contributed by atoms with E-state index in [-0.39, 0.29) is 24.2 Å². The molecule has 1 fully saturated rings. The first kappa shape index (κ1) is 18.0. The number of hydrogen-bond donors (Lipinski definition) is 0. The van der Waals surface area contributed by atoms with E-state index in [0.717, 1.165) is 4.70 Å². The molecule has 1 saturated heterocycles. The van der Waals surface area contributed by atoms with Gasteiger partial charge in [-0.15, -0.1) is 0 Å². The molecule has 4 heterocycles. The smallest absolute Gasteiger partial charge is 0.287 e. The quantitative estimate of drug-likeness (QED) is 0.511. The SMILES string of the molecule is O=C(c1cccn2ccnc12)N1CCC(F)(F)[C@@H](Oc2nc3ccccc3s2)C1. The summed E-state index contributed by atoms with van der Waals surface area (Å²) in [6, 6.07) is 10.7. The number of para-hydroxylation sites is 1. The number of thiazole rings is 1. The summed E-state index contributed by atoms with van der Waals surface area (Å²) in [4.78, 5) is 22.9. The Morgan fingerprint density at radius 1 is 1.21 bits per heavy atom. The molecule has 1 aliphatic rings. The Bertz CT molecular complexity index is 1170. The van der Waals surface area contributed by atoms with Gasteiger partial charge in [0.25, 0.3) is 17.0 Å². The van der Waals surface area contributed by atoms with Crippen LogP contribution in [0.25, 0.3) is 15.9 Å². The first-order chi connectivity index (χ1) is 14.0. The van der Waals surface area contributed by atoms with E-state index in [1.807, 2.05) is 18.2 Å².